The van der Waals surface area contributed by atoms with Crippen molar-refractivity contribution in [3.63, 3.8) is 0 Å². The Hall–Kier alpha value is -1.77. The summed E-state index contributed by atoms with van der Waals surface area (Å²) < 4.78 is 10.9. The molecule has 0 aromatic heterocycles. The number of hydrogen-bond donors (Lipinski definition) is 0. The van der Waals surface area contributed by atoms with Gasteiger partial charge in [-0.05, 0) is 80.9 Å². The number of esters is 1. The molecule has 0 saturated heterocycles. The van der Waals surface area contributed by atoms with Crippen molar-refractivity contribution in [3.05, 3.63) is 42.5 Å². The maximum Gasteiger partial charge on any atom is 0.330 e. The lowest BCUT2D eigenvalue weighted by molar-refractivity contribution is -0.137. The Bertz CT molecular complexity index is 570. The van der Waals surface area contributed by atoms with Crippen LogP contribution >= 0.6 is 0 Å². The summed E-state index contributed by atoms with van der Waals surface area (Å²) in [4.78, 5) is 10.9. The molecular formula is C26H40O3. The van der Waals surface area contributed by atoms with Crippen LogP contribution in [0.4, 0.5) is 0 Å². The highest BCUT2D eigenvalue weighted by molar-refractivity contribution is 5.81. The van der Waals surface area contributed by atoms with E-state index in [0.29, 0.717) is 6.61 Å². The Morgan fingerprint density at radius 2 is 1.66 bits per heavy atom. The highest BCUT2D eigenvalue weighted by Crippen LogP contribution is 2.38. The first-order valence-corrected chi connectivity index (χ1v) is 11.7. The van der Waals surface area contributed by atoms with Crippen molar-refractivity contribution < 1.29 is 14.3 Å². The lowest BCUT2D eigenvalue weighted by atomic mass is 9.77. The van der Waals surface area contributed by atoms with E-state index in [0.717, 1.165) is 49.9 Å². The van der Waals surface area contributed by atoms with Crippen LogP contribution < -0.4 is 4.74 Å². The number of carbonyl (C=O) groups excluding carboxylic acids is 1. The minimum atomic E-state index is -0.336. The molecule has 0 bridgehead atoms. The second-order valence-corrected chi connectivity index (χ2v) is 8.42. The van der Waals surface area contributed by atoms with Gasteiger partial charge in [0.2, 0.25) is 0 Å². The molecule has 0 N–H and O–H groups in total. The minimum absolute atomic E-state index is 0.336. The zero-order chi connectivity index (χ0) is 20.7. The third-order valence-electron chi connectivity index (χ3n) is 6.13. The minimum Gasteiger partial charge on any atom is -0.494 e. The summed E-state index contributed by atoms with van der Waals surface area (Å²) in [7, 11) is 0. The van der Waals surface area contributed by atoms with Crippen LogP contribution in [-0.4, -0.2) is 19.2 Å². The zero-order valence-corrected chi connectivity index (χ0v) is 18.4. The topological polar surface area (TPSA) is 35.5 Å². The number of rotatable bonds is 14. The van der Waals surface area contributed by atoms with E-state index in [-0.39, 0.29) is 5.97 Å². The van der Waals surface area contributed by atoms with Gasteiger partial charge in [-0.1, -0.05) is 51.3 Å². The van der Waals surface area contributed by atoms with Gasteiger partial charge in [-0.25, -0.2) is 4.79 Å². The fourth-order valence-electron chi connectivity index (χ4n) is 4.28. The van der Waals surface area contributed by atoms with Crippen LogP contribution in [-0.2, 0) is 9.53 Å². The number of hydrogen-bond acceptors (Lipinski definition) is 3. The van der Waals surface area contributed by atoms with Gasteiger partial charge in [0.15, 0.2) is 0 Å². The van der Waals surface area contributed by atoms with Gasteiger partial charge in [0.1, 0.15) is 5.75 Å². The molecule has 0 aliphatic heterocycles. The van der Waals surface area contributed by atoms with Crippen molar-refractivity contribution in [2.75, 3.05) is 13.2 Å². The summed E-state index contributed by atoms with van der Waals surface area (Å²) in [6.45, 7) is 6.90. The first kappa shape index (κ1) is 23.5. The molecule has 0 unspecified atom stereocenters. The van der Waals surface area contributed by atoms with Gasteiger partial charge in [-0.2, -0.15) is 0 Å². The average Bonchev–Trinajstić information content (AvgIpc) is 2.76. The molecule has 3 heteroatoms. The van der Waals surface area contributed by atoms with Gasteiger partial charge < -0.3 is 9.47 Å². The monoisotopic (exact) mass is 400 g/mol. The largest absolute Gasteiger partial charge is 0.494 e. The van der Waals surface area contributed by atoms with Crippen molar-refractivity contribution in [2.24, 2.45) is 5.92 Å². The summed E-state index contributed by atoms with van der Waals surface area (Å²) in [6, 6.07) is 8.81. The van der Waals surface area contributed by atoms with E-state index in [1.165, 1.54) is 63.0 Å². The van der Waals surface area contributed by atoms with Crippen LogP contribution in [0.2, 0.25) is 0 Å². The third kappa shape index (κ3) is 9.51. The van der Waals surface area contributed by atoms with E-state index in [4.69, 9.17) is 9.47 Å². The standard InChI is InChI=1S/C26H40O3/c1-3-5-8-11-22-12-14-23(15-13-22)24-16-18-25(19-17-24)28-20-9-6-7-10-21-29-26(27)4-2/h4,16-19,22-23H,2-3,5-15,20-21H2,1H3. The lowest BCUT2D eigenvalue weighted by Gasteiger charge is -2.29. The molecule has 0 amide bonds. The molecular weight excluding hydrogens is 360 g/mol. The Labute approximate surface area is 177 Å². The van der Waals surface area contributed by atoms with Crippen molar-refractivity contribution in [2.45, 2.75) is 89.9 Å². The van der Waals surface area contributed by atoms with Crippen LogP contribution in [0.5, 0.6) is 5.75 Å². The summed E-state index contributed by atoms with van der Waals surface area (Å²) in [6.07, 6.45) is 16.3. The smallest absolute Gasteiger partial charge is 0.330 e. The molecule has 29 heavy (non-hydrogen) atoms. The Morgan fingerprint density at radius 3 is 2.31 bits per heavy atom. The molecule has 2 rings (SSSR count). The highest BCUT2D eigenvalue weighted by Gasteiger charge is 2.21. The number of ether oxygens (including phenoxy) is 2. The summed E-state index contributed by atoms with van der Waals surface area (Å²) in [5.74, 6) is 2.34. The van der Waals surface area contributed by atoms with Gasteiger partial charge in [0, 0.05) is 6.08 Å². The SMILES string of the molecule is C=CC(=O)OCCCCCCOc1ccc(C2CCC(CCCCC)CC2)cc1. The predicted molar refractivity (Wildman–Crippen MR) is 120 cm³/mol. The second-order valence-electron chi connectivity index (χ2n) is 8.42. The zero-order valence-electron chi connectivity index (χ0n) is 18.4. The third-order valence-corrected chi connectivity index (χ3v) is 6.13. The quantitative estimate of drug-likeness (QED) is 0.188. The predicted octanol–water partition coefficient (Wildman–Crippen LogP) is 7.21. The fourth-order valence-corrected chi connectivity index (χ4v) is 4.28. The van der Waals surface area contributed by atoms with Crippen molar-refractivity contribution in [1.29, 1.82) is 0 Å². The maximum absolute atomic E-state index is 10.9. The first-order valence-electron chi connectivity index (χ1n) is 11.7. The molecule has 0 atom stereocenters. The van der Waals surface area contributed by atoms with E-state index >= 15 is 0 Å². The molecule has 1 aromatic carbocycles. The molecule has 1 saturated carbocycles. The number of carbonyl (C=O) groups is 1. The van der Waals surface area contributed by atoms with Crippen molar-refractivity contribution in [3.8, 4) is 5.75 Å². The van der Waals surface area contributed by atoms with Gasteiger partial charge in [-0.3, -0.25) is 0 Å². The number of benzene rings is 1. The van der Waals surface area contributed by atoms with E-state index in [1.54, 1.807) is 0 Å². The van der Waals surface area contributed by atoms with E-state index in [1.807, 2.05) is 0 Å². The Kier molecular flexibility index (Phi) is 11.6. The Morgan fingerprint density at radius 1 is 0.966 bits per heavy atom. The van der Waals surface area contributed by atoms with Crippen LogP contribution in [0.15, 0.2) is 36.9 Å². The van der Waals surface area contributed by atoms with Gasteiger partial charge in [0.25, 0.3) is 0 Å². The molecule has 1 fully saturated rings. The van der Waals surface area contributed by atoms with E-state index in [2.05, 4.69) is 37.8 Å². The first-order chi connectivity index (χ1) is 14.2. The highest BCUT2D eigenvalue weighted by atomic mass is 16.5. The molecule has 1 aliphatic rings. The second kappa shape index (κ2) is 14.3. The molecule has 0 spiro atoms. The van der Waals surface area contributed by atoms with Crippen LogP contribution in [0.3, 0.4) is 0 Å². The molecule has 3 nitrogen and oxygen atoms in total. The van der Waals surface area contributed by atoms with E-state index in [9.17, 15) is 4.79 Å². The van der Waals surface area contributed by atoms with Gasteiger partial charge >= 0.3 is 5.97 Å². The summed E-state index contributed by atoms with van der Waals surface area (Å²) in [5.41, 5.74) is 1.48. The van der Waals surface area contributed by atoms with Crippen LogP contribution in [0.25, 0.3) is 0 Å². The molecule has 0 heterocycles. The Balaban J connectivity index is 1.56. The van der Waals surface area contributed by atoms with Crippen molar-refractivity contribution in [1.82, 2.24) is 0 Å². The molecule has 1 aliphatic carbocycles. The summed E-state index contributed by atoms with van der Waals surface area (Å²) in [5, 5.41) is 0. The van der Waals surface area contributed by atoms with Crippen molar-refractivity contribution >= 4 is 5.97 Å². The summed E-state index contributed by atoms with van der Waals surface area (Å²) >= 11 is 0. The number of unbranched alkanes of at least 4 members (excludes halogenated alkanes) is 5. The van der Waals surface area contributed by atoms with Crippen LogP contribution in [0.1, 0.15) is 95.5 Å². The normalized spacial score (nSPS) is 18.9. The molecule has 1 aromatic rings. The van der Waals surface area contributed by atoms with Crippen LogP contribution in [0, 0.1) is 5.92 Å². The molecule has 0 radical (unpaired) electrons. The molecule has 162 valence electrons. The average molecular weight is 401 g/mol. The fraction of sp³-hybridized carbons (Fsp3) is 0.654. The maximum atomic E-state index is 10.9. The van der Waals surface area contributed by atoms with Gasteiger partial charge in [0.05, 0.1) is 13.2 Å². The van der Waals surface area contributed by atoms with Gasteiger partial charge in [-0.15, -0.1) is 0 Å². The van der Waals surface area contributed by atoms with E-state index < -0.39 is 0 Å². The lowest BCUT2D eigenvalue weighted by Crippen LogP contribution is -2.13.